The van der Waals surface area contributed by atoms with Gasteiger partial charge in [-0.3, -0.25) is 4.79 Å². The fraction of sp³-hybridized carbons (Fsp3) is 0.385. The fourth-order valence-corrected chi connectivity index (χ4v) is 2.50. The van der Waals surface area contributed by atoms with E-state index in [1.165, 1.54) is 23.1 Å². The first-order valence-corrected chi connectivity index (χ1v) is 6.40. The number of likely N-dealkylation sites (tertiary alicyclic amines) is 1. The standard InChI is InChI=1S/C13H13ClFNO3/c14-6-8-4-11(17)16(7-8)12(13(18)19)9-2-1-3-10(15)5-9/h1-3,5,8,12H,4,6-7H2,(H,18,19). The van der Waals surface area contributed by atoms with E-state index in [4.69, 9.17) is 11.6 Å². The molecule has 6 heteroatoms. The Kier molecular flexibility index (Phi) is 4.04. The van der Waals surface area contributed by atoms with E-state index in [1.807, 2.05) is 0 Å². The van der Waals surface area contributed by atoms with Crippen molar-refractivity contribution in [1.29, 1.82) is 0 Å². The molecule has 1 fully saturated rings. The number of benzene rings is 1. The minimum Gasteiger partial charge on any atom is -0.479 e. The van der Waals surface area contributed by atoms with Crippen LogP contribution < -0.4 is 0 Å². The van der Waals surface area contributed by atoms with Crippen LogP contribution in [0.5, 0.6) is 0 Å². The molecule has 0 radical (unpaired) electrons. The molecular weight excluding hydrogens is 273 g/mol. The predicted octanol–water partition coefficient (Wildman–Crippen LogP) is 2.04. The first-order valence-electron chi connectivity index (χ1n) is 5.86. The van der Waals surface area contributed by atoms with Crippen molar-refractivity contribution in [3.05, 3.63) is 35.6 Å². The number of alkyl halides is 1. The Hall–Kier alpha value is -1.62. The Morgan fingerprint density at radius 1 is 1.58 bits per heavy atom. The number of carbonyl (C=O) groups is 2. The Morgan fingerprint density at radius 3 is 2.84 bits per heavy atom. The zero-order valence-electron chi connectivity index (χ0n) is 10.1. The van der Waals surface area contributed by atoms with Crippen molar-refractivity contribution < 1.29 is 19.1 Å². The Labute approximate surface area is 114 Å². The number of carbonyl (C=O) groups excluding carboxylic acids is 1. The monoisotopic (exact) mass is 285 g/mol. The van der Waals surface area contributed by atoms with Crippen molar-refractivity contribution in [3.8, 4) is 0 Å². The van der Waals surface area contributed by atoms with Crippen LogP contribution in [0.2, 0.25) is 0 Å². The molecule has 2 rings (SSSR count). The van der Waals surface area contributed by atoms with E-state index in [-0.39, 0.29) is 30.4 Å². The van der Waals surface area contributed by atoms with Crippen molar-refractivity contribution in [2.45, 2.75) is 12.5 Å². The molecule has 2 atom stereocenters. The smallest absolute Gasteiger partial charge is 0.331 e. The summed E-state index contributed by atoms with van der Waals surface area (Å²) in [4.78, 5) is 24.5. The van der Waals surface area contributed by atoms with E-state index in [0.717, 1.165) is 6.07 Å². The largest absolute Gasteiger partial charge is 0.479 e. The Bertz CT molecular complexity index is 508. The summed E-state index contributed by atoms with van der Waals surface area (Å²) in [5, 5.41) is 9.31. The quantitative estimate of drug-likeness (QED) is 0.861. The highest BCUT2D eigenvalue weighted by Gasteiger charge is 2.38. The third kappa shape index (κ3) is 2.87. The highest BCUT2D eigenvalue weighted by atomic mass is 35.5. The number of carboxylic acid groups (broad SMARTS) is 1. The van der Waals surface area contributed by atoms with Gasteiger partial charge in [0.1, 0.15) is 5.82 Å². The van der Waals surface area contributed by atoms with Crippen molar-refractivity contribution in [1.82, 2.24) is 4.90 Å². The lowest BCUT2D eigenvalue weighted by Gasteiger charge is -2.25. The van der Waals surface area contributed by atoms with Gasteiger partial charge < -0.3 is 10.0 Å². The van der Waals surface area contributed by atoms with Crippen molar-refractivity contribution in [3.63, 3.8) is 0 Å². The lowest BCUT2D eigenvalue weighted by molar-refractivity contribution is -0.148. The van der Waals surface area contributed by atoms with Crippen LogP contribution in [0.1, 0.15) is 18.0 Å². The summed E-state index contributed by atoms with van der Waals surface area (Å²) in [5.74, 6) is -1.71. The van der Waals surface area contributed by atoms with Gasteiger partial charge >= 0.3 is 5.97 Å². The average Bonchev–Trinajstić information content (AvgIpc) is 2.71. The van der Waals surface area contributed by atoms with E-state index < -0.39 is 17.8 Å². The summed E-state index contributed by atoms with van der Waals surface area (Å²) >= 11 is 5.71. The topological polar surface area (TPSA) is 57.6 Å². The molecule has 0 saturated carbocycles. The molecule has 1 amide bonds. The zero-order chi connectivity index (χ0) is 14.0. The molecule has 19 heavy (non-hydrogen) atoms. The van der Waals surface area contributed by atoms with Crippen LogP contribution in [-0.4, -0.2) is 34.3 Å². The number of rotatable bonds is 4. The van der Waals surface area contributed by atoms with E-state index in [2.05, 4.69) is 0 Å². The van der Waals surface area contributed by atoms with Gasteiger partial charge in [0, 0.05) is 18.8 Å². The van der Waals surface area contributed by atoms with Gasteiger partial charge in [-0.15, -0.1) is 11.6 Å². The van der Waals surface area contributed by atoms with E-state index in [1.54, 1.807) is 0 Å². The zero-order valence-corrected chi connectivity index (χ0v) is 10.8. The second kappa shape index (κ2) is 5.57. The molecule has 0 aliphatic carbocycles. The van der Waals surface area contributed by atoms with Gasteiger partial charge in [0.25, 0.3) is 0 Å². The normalized spacial score (nSPS) is 20.6. The summed E-state index contributed by atoms with van der Waals surface area (Å²) in [6.07, 6.45) is 0.239. The number of halogens is 2. The minimum atomic E-state index is -1.17. The molecular formula is C13H13ClFNO3. The lowest BCUT2D eigenvalue weighted by atomic mass is 10.1. The number of carboxylic acids is 1. The van der Waals surface area contributed by atoms with Gasteiger partial charge in [0.2, 0.25) is 5.91 Å². The molecule has 102 valence electrons. The van der Waals surface area contributed by atoms with Crippen LogP contribution in [0.3, 0.4) is 0 Å². The molecule has 0 bridgehead atoms. The number of hydrogen-bond donors (Lipinski definition) is 1. The van der Waals surface area contributed by atoms with Crippen LogP contribution in [-0.2, 0) is 9.59 Å². The maximum atomic E-state index is 13.2. The van der Waals surface area contributed by atoms with Crippen LogP contribution in [0.25, 0.3) is 0 Å². The summed E-state index contributed by atoms with van der Waals surface area (Å²) in [7, 11) is 0. The third-order valence-electron chi connectivity index (χ3n) is 3.17. The molecule has 1 aromatic carbocycles. The van der Waals surface area contributed by atoms with Gasteiger partial charge in [0.15, 0.2) is 6.04 Å². The molecule has 1 aliphatic rings. The van der Waals surface area contributed by atoms with Gasteiger partial charge in [-0.25, -0.2) is 9.18 Å². The van der Waals surface area contributed by atoms with Crippen LogP contribution in [0.15, 0.2) is 24.3 Å². The molecule has 0 aromatic heterocycles. The van der Waals surface area contributed by atoms with Crippen molar-refractivity contribution in [2.75, 3.05) is 12.4 Å². The van der Waals surface area contributed by atoms with E-state index in [0.29, 0.717) is 5.88 Å². The van der Waals surface area contributed by atoms with E-state index >= 15 is 0 Å². The maximum Gasteiger partial charge on any atom is 0.331 e. The second-order valence-electron chi connectivity index (χ2n) is 4.57. The number of aliphatic carboxylic acids is 1. The van der Waals surface area contributed by atoms with E-state index in [9.17, 15) is 19.1 Å². The van der Waals surface area contributed by atoms with Crippen LogP contribution in [0, 0.1) is 11.7 Å². The van der Waals surface area contributed by atoms with Gasteiger partial charge in [-0.05, 0) is 23.6 Å². The van der Waals surface area contributed by atoms with Gasteiger partial charge in [0.05, 0.1) is 0 Å². The summed E-state index contributed by atoms with van der Waals surface area (Å²) in [6, 6.07) is 4.15. The fourth-order valence-electron chi connectivity index (χ4n) is 2.29. The molecule has 1 aliphatic heterocycles. The molecule has 1 aromatic rings. The Balaban J connectivity index is 2.31. The van der Waals surface area contributed by atoms with Gasteiger partial charge in [-0.2, -0.15) is 0 Å². The average molecular weight is 286 g/mol. The van der Waals surface area contributed by atoms with Crippen LogP contribution >= 0.6 is 11.6 Å². The summed E-state index contributed by atoms with van der Waals surface area (Å²) in [5.41, 5.74) is 0.260. The molecule has 1 N–H and O–H groups in total. The molecule has 1 saturated heterocycles. The Morgan fingerprint density at radius 2 is 2.32 bits per heavy atom. The number of hydrogen-bond acceptors (Lipinski definition) is 2. The molecule has 0 spiro atoms. The minimum absolute atomic E-state index is 0.0513. The highest BCUT2D eigenvalue weighted by Crippen LogP contribution is 2.29. The third-order valence-corrected chi connectivity index (χ3v) is 3.60. The van der Waals surface area contributed by atoms with Gasteiger partial charge in [-0.1, -0.05) is 12.1 Å². The van der Waals surface area contributed by atoms with Crippen molar-refractivity contribution in [2.24, 2.45) is 5.92 Å². The second-order valence-corrected chi connectivity index (χ2v) is 4.87. The van der Waals surface area contributed by atoms with Crippen molar-refractivity contribution >= 4 is 23.5 Å². The first kappa shape index (κ1) is 13.8. The van der Waals surface area contributed by atoms with Crippen LogP contribution in [0.4, 0.5) is 4.39 Å². The summed E-state index contributed by atoms with van der Waals surface area (Å²) in [6.45, 7) is 0.288. The number of amides is 1. The SMILES string of the molecule is O=C(O)C(c1cccc(F)c1)N1CC(CCl)CC1=O. The molecule has 1 heterocycles. The highest BCUT2D eigenvalue weighted by molar-refractivity contribution is 6.18. The number of nitrogens with zero attached hydrogens (tertiary/aromatic N) is 1. The summed E-state index contributed by atoms with van der Waals surface area (Å²) < 4.78 is 13.2. The maximum absolute atomic E-state index is 13.2. The molecule has 2 unspecified atom stereocenters. The molecule has 4 nitrogen and oxygen atoms in total. The first-order chi connectivity index (χ1) is 9.02. The lowest BCUT2D eigenvalue weighted by Crippen LogP contribution is -2.35. The predicted molar refractivity (Wildman–Crippen MR) is 67.3 cm³/mol.